The Labute approximate surface area is 126 Å². The van der Waals surface area contributed by atoms with Gasteiger partial charge in [-0.3, -0.25) is 4.98 Å². The lowest BCUT2D eigenvalue weighted by Gasteiger charge is -2.21. The maximum Gasteiger partial charge on any atom is 0.0741 e. The molecule has 0 bridgehead atoms. The van der Waals surface area contributed by atoms with Gasteiger partial charge in [0, 0.05) is 33.7 Å². The molecule has 2 rings (SSSR count). The summed E-state index contributed by atoms with van der Waals surface area (Å²) in [7, 11) is 0. The molecule has 1 aromatic heterocycles. The summed E-state index contributed by atoms with van der Waals surface area (Å²) in [5.41, 5.74) is 4.31. The average molecular weight is 291 g/mol. The summed E-state index contributed by atoms with van der Waals surface area (Å²) in [6.07, 6.45) is 1.10. The summed E-state index contributed by atoms with van der Waals surface area (Å²) < 4.78 is 0. The van der Waals surface area contributed by atoms with Gasteiger partial charge in [-0.25, -0.2) is 0 Å². The quantitative estimate of drug-likeness (QED) is 0.828. The number of nitrogens with one attached hydrogen (secondary N) is 1. The molecular weight excluding hydrogens is 268 g/mol. The van der Waals surface area contributed by atoms with Gasteiger partial charge in [-0.05, 0) is 37.1 Å². The van der Waals surface area contributed by atoms with Crippen molar-refractivity contribution in [3.05, 3.63) is 34.5 Å². The highest BCUT2D eigenvalue weighted by atomic mass is 35.5. The molecule has 0 saturated carbocycles. The number of aromatic nitrogens is 1. The number of anilines is 1. The van der Waals surface area contributed by atoms with Crippen LogP contribution in [0.5, 0.6) is 0 Å². The van der Waals surface area contributed by atoms with Crippen LogP contribution in [0.3, 0.4) is 0 Å². The first-order chi connectivity index (χ1) is 9.32. The average Bonchev–Trinajstić information content (AvgIpc) is 2.36. The zero-order valence-electron chi connectivity index (χ0n) is 13.0. The summed E-state index contributed by atoms with van der Waals surface area (Å²) >= 11 is 6.25. The number of pyridine rings is 1. The second kappa shape index (κ2) is 5.61. The van der Waals surface area contributed by atoms with Crippen LogP contribution in [0, 0.1) is 6.92 Å². The van der Waals surface area contributed by atoms with Crippen molar-refractivity contribution in [1.29, 1.82) is 0 Å². The van der Waals surface area contributed by atoms with E-state index in [0.29, 0.717) is 0 Å². The van der Waals surface area contributed by atoms with E-state index in [-0.39, 0.29) is 5.41 Å². The molecule has 1 heterocycles. The van der Waals surface area contributed by atoms with E-state index in [1.807, 2.05) is 13.0 Å². The van der Waals surface area contributed by atoms with Crippen molar-refractivity contribution in [2.75, 3.05) is 11.9 Å². The third kappa shape index (κ3) is 3.06. The van der Waals surface area contributed by atoms with Crippen molar-refractivity contribution >= 4 is 28.2 Å². The van der Waals surface area contributed by atoms with E-state index in [9.17, 15) is 0 Å². The maximum atomic E-state index is 6.25. The molecule has 2 nitrogen and oxygen atoms in total. The SMILES string of the molecule is CCCNc1cc(C(C)(C)C)nc2cc(Cl)c(C)cc12. The molecule has 108 valence electrons. The Morgan fingerprint density at radius 2 is 1.90 bits per heavy atom. The molecule has 0 amide bonds. The monoisotopic (exact) mass is 290 g/mol. The molecule has 2 aromatic rings. The van der Waals surface area contributed by atoms with Gasteiger partial charge < -0.3 is 5.32 Å². The summed E-state index contributed by atoms with van der Waals surface area (Å²) in [5.74, 6) is 0. The lowest BCUT2D eigenvalue weighted by Crippen LogP contribution is -2.14. The number of benzene rings is 1. The van der Waals surface area contributed by atoms with Crippen LogP contribution in [0.4, 0.5) is 5.69 Å². The predicted molar refractivity (Wildman–Crippen MR) is 89.0 cm³/mol. The fourth-order valence-electron chi connectivity index (χ4n) is 2.15. The molecule has 0 saturated heterocycles. The van der Waals surface area contributed by atoms with Gasteiger partial charge in [0.25, 0.3) is 0 Å². The molecule has 0 aliphatic carbocycles. The van der Waals surface area contributed by atoms with Crippen molar-refractivity contribution in [2.45, 2.75) is 46.5 Å². The second-order valence-corrected chi connectivity index (χ2v) is 6.76. The lowest BCUT2D eigenvalue weighted by atomic mass is 9.90. The van der Waals surface area contributed by atoms with Gasteiger partial charge in [-0.15, -0.1) is 0 Å². The van der Waals surface area contributed by atoms with Crippen molar-refractivity contribution in [3.8, 4) is 0 Å². The Morgan fingerprint density at radius 3 is 2.50 bits per heavy atom. The second-order valence-electron chi connectivity index (χ2n) is 6.35. The Bertz CT molecular complexity index is 627. The molecule has 3 heteroatoms. The van der Waals surface area contributed by atoms with E-state index in [0.717, 1.165) is 45.8 Å². The highest BCUT2D eigenvalue weighted by molar-refractivity contribution is 6.32. The summed E-state index contributed by atoms with van der Waals surface area (Å²) in [6, 6.07) is 6.26. The van der Waals surface area contributed by atoms with Gasteiger partial charge in [-0.1, -0.05) is 39.3 Å². The molecule has 0 aliphatic heterocycles. The first kappa shape index (κ1) is 15.1. The number of halogens is 1. The van der Waals surface area contributed by atoms with E-state index in [4.69, 9.17) is 16.6 Å². The fraction of sp³-hybridized carbons (Fsp3) is 0.471. The zero-order valence-corrected chi connectivity index (χ0v) is 13.7. The van der Waals surface area contributed by atoms with Crippen molar-refractivity contribution in [1.82, 2.24) is 4.98 Å². The van der Waals surface area contributed by atoms with E-state index in [1.165, 1.54) is 0 Å². The van der Waals surface area contributed by atoms with Gasteiger partial charge in [0.05, 0.1) is 5.52 Å². The smallest absolute Gasteiger partial charge is 0.0741 e. The highest BCUT2D eigenvalue weighted by Crippen LogP contribution is 2.32. The van der Waals surface area contributed by atoms with Crippen LogP contribution in [0.1, 0.15) is 45.4 Å². The van der Waals surface area contributed by atoms with Crippen LogP contribution in [0.15, 0.2) is 18.2 Å². The number of aryl methyl sites for hydroxylation is 1. The molecule has 1 N–H and O–H groups in total. The Morgan fingerprint density at radius 1 is 1.20 bits per heavy atom. The Balaban J connectivity index is 2.68. The molecule has 0 fully saturated rings. The zero-order chi connectivity index (χ0) is 14.9. The minimum absolute atomic E-state index is 0.0220. The number of fused-ring (bicyclic) bond motifs is 1. The van der Waals surface area contributed by atoms with E-state index in [2.05, 4.69) is 45.1 Å². The van der Waals surface area contributed by atoms with E-state index >= 15 is 0 Å². The van der Waals surface area contributed by atoms with Gasteiger partial charge in [0.2, 0.25) is 0 Å². The maximum absolute atomic E-state index is 6.25. The van der Waals surface area contributed by atoms with Gasteiger partial charge in [-0.2, -0.15) is 0 Å². The first-order valence-electron chi connectivity index (χ1n) is 7.18. The molecule has 0 spiro atoms. The van der Waals surface area contributed by atoms with Gasteiger partial charge in [0.15, 0.2) is 0 Å². The summed E-state index contributed by atoms with van der Waals surface area (Å²) in [6.45, 7) is 11.7. The number of hydrogen-bond donors (Lipinski definition) is 1. The van der Waals surface area contributed by atoms with E-state index < -0.39 is 0 Å². The molecule has 20 heavy (non-hydrogen) atoms. The molecule has 0 atom stereocenters. The van der Waals surface area contributed by atoms with Crippen LogP contribution in [-0.2, 0) is 5.41 Å². The molecule has 1 aromatic carbocycles. The topological polar surface area (TPSA) is 24.9 Å². The lowest BCUT2D eigenvalue weighted by molar-refractivity contribution is 0.572. The van der Waals surface area contributed by atoms with Crippen molar-refractivity contribution in [3.63, 3.8) is 0 Å². The number of hydrogen-bond acceptors (Lipinski definition) is 2. The van der Waals surface area contributed by atoms with E-state index in [1.54, 1.807) is 0 Å². The van der Waals surface area contributed by atoms with Crippen LogP contribution in [-0.4, -0.2) is 11.5 Å². The fourth-order valence-corrected chi connectivity index (χ4v) is 2.30. The normalized spacial score (nSPS) is 11.9. The van der Waals surface area contributed by atoms with Crippen molar-refractivity contribution in [2.24, 2.45) is 0 Å². The molecule has 0 unspecified atom stereocenters. The Hall–Kier alpha value is -1.28. The summed E-state index contributed by atoms with van der Waals surface area (Å²) in [4.78, 5) is 4.79. The van der Waals surface area contributed by atoms with Gasteiger partial charge >= 0.3 is 0 Å². The molecule has 0 aliphatic rings. The molecule has 0 radical (unpaired) electrons. The number of nitrogens with zero attached hydrogens (tertiary/aromatic N) is 1. The Kier molecular flexibility index (Phi) is 4.24. The van der Waals surface area contributed by atoms with Crippen LogP contribution < -0.4 is 5.32 Å². The van der Waals surface area contributed by atoms with Gasteiger partial charge in [0.1, 0.15) is 0 Å². The molecular formula is C17H23ClN2. The standard InChI is InChI=1S/C17H23ClN2/c1-6-7-19-14-10-16(17(3,4)5)20-15-9-13(18)11(2)8-12(14)15/h8-10H,6-7H2,1-5H3,(H,19,20). The van der Waals surface area contributed by atoms with Crippen LogP contribution in [0.25, 0.3) is 10.9 Å². The van der Waals surface area contributed by atoms with Crippen molar-refractivity contribution < 1.29 is 0 Å². The third-order valence-corrected chi connectivity index (χ3v) is 3.83. The minimum Gasteiger partial charge on any atom is -0.384 e. The highest BCUT2D eigenvalue weighted by Gasteiger charge is 2.18. The van der Waals surface area contributed by atoms with Crippen LogP contribution >= 0.6 is 11.6 Å². The largest absolute Gasteiger partial charge is 0.384 e. The van der Waals surface area contributed by atoms with Crippen LogP contribution in [0.2, 0.25) is 5.02 Å². The first-order valence-corrected chi connectivity index (χ1v) is 7.56. The number of rotatable bonds is 3. The predicted octanol–water partition coefficient (Wildman–Crippen LogP) is 5.32. The third-order valence-electron chi connectivity index (χ3n) is 3.42. The summed E-state index contributed by atoms with van der Waals surface area (Å²) in [5, 5.41) is 5.44. The minimum atomic E-state index is 0.0220.